The van der Waals surface area contributed by atoms with Crippen LogP contribution < -0.4 is 10.1 Å². The van der Waals surface area contributed by atoms with Crippen molar-refractivity contribution in [1.82, 2.24) is 25.1 Å². The topological polar surface area (TPSA) is 64.9 Å². The van der Waals surface area contributed by atoms with Gasteiger partial charge in [0.1, 0.15) is 12.7 Å². The van der Waals surface area contributed by atoms with E-state index in [0.29, 0.717) is 6.54 Å². The lowest BCUT2D eigenvalue weighted by molar-refractivity contribution is 0.0789. The highest BCUT2D eigenvalue weighted by atomic mass is 19.3. The summed E-state index contributed by atoms with van der Waals surface area (Å²) in [5, 5.41) is 7.45. The summed E-state index contributed by atoms with van der Waals surface area (Å²) in [5.41, 5.74) is 2.75. The summed E-state index contributed by atoms with van der Waals surface area (Å²) in [4.78, 5) is 7.96. The Morgan fingerprint density at radius 1 is 1.19 bits per heavy atom. The zero-order valence-electron chi connectivity index (χ0n) is 14.2. The zero-order chi connectivity index (χ0) is 18.4. The van der Waals surface area contributed by atoms with Gasteiger partial charge in [-0.15, -0.1) is 0 Å². The van der Waals surface area contributed by atoms with Crippen LogP contribution in [-0.4, -0.2) is 32.8 Å². The van der Waals surface area contributed by atoms with Crippen LogP contribution in [0.5, 0.6) is 5.88 Å². The fourth-order valence-corrected chi connectivity index (χ4v) is 2.47. The van der Waals surface area contributed by atoms with E-state index in [4.69, 9.17) is 4.74 Å². The van der Waals surface area contributed by atoms with Gasteiger partial charge in [-0.25, -0.2) is 23.4 Å². The summed E-state index contributed by atoms with van der Waals surface area (Å²) in [7, 11) is 0. The molecule has 1 atom stereocenters. The van der Waals surface area contributed by atoms with E-state index in [1.54, 1.807) is 23.1 Å². The second kappa shape index (κ2) is 8.48. The van der Waals surface area contributed by atoms with Crippen LogP contribution in [0, 0.1) is 0 Å². The van der Waals surface area contributed by atoms with Gasteiger partial charge in [0.25, 0.3) is 6.43 Å². The largest absolute Gasteiger partial charge is 0.471 e. The highest BCUT2D eigenvalue weighted by Crippen LogP contribution is 2.19. The molecule has 26 heavy (non-hydrogen) atoms. The van der Waals surface area contributed by atoms with Crippen LogP contribution in [0.25, 0.3) is 5.69 Å². The van der Waals surface area contributed by atoms with Crippen LogP contribution in [0.2, 0.25) is 0 Å². The van der Waals surface area contributed by atoms with E-state index in [1.807, 2.05) is 31.2 Å². The van der Waals surface area contributed by atoms with E-state index >= 15 is 0 Å². The number of hydrogen-bond acceptors (Lipinski definition) is 5. The third-order valence-corrected chi connectivity index (χ3v) is 3.87. The Morgan fingerprint density at radius 2 is 2.00 bits per heavy atom. The van der Waals surface area contributed by atoms with Crippen molar-refractivity contribution in [3.8, 4) is 11.6 Å². The molecular weight excluding hydrogens is 340 g/mol. The Labute approximate surface area is 149 Å². The fourth-order valence-electron chi connectivity index (χ4n) is 2.47. The quantitative estimate of drug-likeness (QED) is 0.669. The SMILES string of the molecule is CC(NCc1cccnc1OCC(F)F)c1ccc(-n2cncn2)cc1. The second-order valence-corrected chi connectivity index (χ2v) is 5.70. The molecule has 1 unspecified atom stereocenters. The maximum atomic E-state index is 12.3. The molecule has 2 heterocycles. The van der Waals surface area contributed by atoms with Crippen molar-refractivity contribution < 1.29 is 13.5 Å². The standard InChI is InChI=1S/C18H19F2N5O/c1-13(14-4-6-16(7-5-14)25-12-21-11-24-25)23-9-15-3-2-8-22-18(15)26-10-17(19)20/h2-8,11-13,17,23H,9-10H2,1H3. The van der Waals surface area contributed by atoms with Gasteiger partial charge in [0.2, 0.25) is 5.88 Å². The van der Waals surface area contributed by atoms with E-state index in [9.17, 15) is 8.78 Å². The zero-order valence-corrected chi connectivity index (χ0v) is 14.2. The van der Waals surface area contributed by atoms with Gasteiger partial charge in [-0.1, -0.05) is 18.2 Å². The number of halogens is 2. The van der Waals surface area contributed by atoms with E-state index in [2.05, 4.69) is 20.4 Å². The molecule has 8 heteroatoms. The first-order valence-electron chi connectivity index (χ1n) is 8.16. The molecule has 1 N–H and O–H groups in total. The lowest BCUT2D eigenvalue weighted by atomic mass is 10.1. The summed E-state index contributed by atoms with van der Waals surface area (Å²) in [6, 6.07) is 11.6. The van der Waals surface area contributed by atoms with Crippen molar-refractivity contribution in [3.63, 3.8) is 0 Å². The first-order chi connectivity index (χ1) is 12.6. The average Bonchev–Trinajstić information content (AvgIpc) is 3.20. The van der Waals surface area contributed by atoms with E-state index < -0.39 is 13.0 Å². The number of benzene rings is 1. The van der Waals surface area contributed by atoms with Gasteiger partial charge in [-0.3, -0.25) is 0 Å². The Kier molecular flexibility index (Phi) is 5.85. The smallest absolute Gasteiger partial charge is 0.272 e. The third-order valence-electron chi connectivity index (χ3n) is 3.87. The van der Waals surface area contributed by atoms with Crippen molar-refractivity contribution in [3.05, 3.63) is 66.4 Å². The van der Waals surface area contributed by atoms with Crippen molar-refractivity contribution in [2.24, 2.45) is 0 Å². The van der Waals surface area contributed by atoms with Gasteiger partial charge < -0.3 is 10.1 Å². The molecule has 0 amide bonds. The number of nitrogens with zero attached hydrogens (tertiary/aromatic N) is 4. The van der Waals surface area contributed by atoms with Gasteiger partial charge in [0.15, 0.2) is 6.61 Å². The van der Waals surface area contributed by atoms with Crippen LogP contribution in [0.1, 0.15) is 24.1 Å². The van der Waals surface area contributed by atoms with Crippen molar-refractivity contribution in [1.29, 1.82) is 0 Å². The summed E-state index contributed by atoms with van der Waals surface area (Å²) in [6.07, 6.45) is 2.12. The number of ether oxygens (including phenoxy) is 1. The molecule has 0 saturated heterocycles. The van der Waals surface area contributed by atoms with E-state index in [0.717, 1.165) is 16.8 Å². The molecule has 0 spiro atoms. The van der Waals surface area contributed by atoms with Crippen LogP contribution in [0.15, 0.2) is 55.2 Å². The number of alkyl halides is 2. The molecule has 0 aliphatic carbocycles. The number of nitrogens with one attached hydrogen (secondary N) is 1. The van der Waals surface area contributed by atoms with E-state index in [-0.39, 0.29) is 11.9 Å². The summed E-state index contributed by atoms with van der Waals surface area (Å²) in [5.74, 6) is 0.231. The lowest BCUT2D eigenvalue weighted by Gasteiger charge is -2.16. The van der Waals surface area contributed by atoms with Gasteiger partial charge in [-0.2, -0.15) is 5.10 Å². The summed E-state index contributed by atoms with van der Waals surface area (Å²) < 4.78 is 31.4. The average molecular weight is 359 g/mol. The first kappa shape index (κ1) is 17.9. The number of pyridine rings is 1. The molecule has 3 aromatic rings. The Morgan fingerprint density at radius 3 is 2.69 bits per heavy atom. The monoisotopic (exact) mass is 359 g/mol. The number of rotatable bonds is 8. The molecule has 0 fully saturated rings. The molecule has 0 radical (unpaired) electrons. The second-order valence-electron chi connectivity index (χ2n) is 5.70. The maximum absolute atomic E-state index is 12.3. The van der Waals surface area contributed by atoms with Gasteiger partial charge >= 0.3 is 0 Å². The Hall–Kier alpha value is -2.87. The highest BCUT2D eigenvalue weighted by molar-refractivity contribution is 5.34. The maximum Gasteiger partial charge on any atom is 0.272 e. The molecule has 0 saturated carbocycles. The molecule has 2 aromatic heterocycles. The fraction of sp³-hybridized carbons (Fsp3) is 0.278. The molecule has 0 aliphatic heterocycles. The number of aromatic nitrogens is 4. The molecular formula is C18H19F2N5O. The van der Waals surface area contributed by atoms with Crippen molar-refractivity contribution >= 4 is 0 Å². The first-order valence-corrected chi connectivity index (χ1v) is 8.16. The van der Waals surface area contributed by atoms with Crippen molar-refractivity contribution in [2.75, 3.05) is 6.61 Å². The minimum absolute atomic E-state index is 0.0583. The predicted molar refractivity (Wildman–Crippen MR) is 92.3 cm³/mol. The molecule has 3 rings (SSSR count). The summed E-state index contributed by atoms with van der Waals surface area (Å²) >= 11 is 0. The predicted octanol–water partition coefficient (Wildman–Crippen LogP) is 3.16. The Balaban J connectivity index is 1.61. The van der Waals surface area contributed by atoms with Crippen LogP contribution in [-0.2, 0) is 6.54 Å². The third kappa shape index (κ3) is 4.60. The minimum atomic E-state index is -2.53. The highest BCUT2D eigenvalue weighted by Gasteiger charge is 2.11. The van der Waals surface area contributed by atoms with Gasteiger partial charge in [0, 0.05) is 24.3 Å². The van der Waals surface area contributed by atoms with Crippen LogP contribution in [0.3, 0.4) is 0 Å². The Bertz CT molecular complexity index is 809. The minimum Gasteiger partial charge on any atom is -0.471 e. The van der Waals surface area contributed by atoms with Gasteiger partial charge in [0.05, 0.1) is 5.69 Å². The molecule has 0 bridgehead atoms. The summed E-state index contributed by atoms with van der Waals surface area (Å²) in [6.45, 7) is 1.82. The molecule has 6 nitrogen and oxygen atoms in total. The molecule has 1 aromatic carbocycles. The van der Waals surface area contributed by atoms with Crippen LogP contribution >= 0.6 is 0 Å². The van der Waals surface area contributed by atoms with E-state index in [1.165, 1.54) is 12.5 Å². The van der Waals surface area contributed by atoms with Crippen LogP contribution in [0.4, 0.5) is 8.78 Å². The normalized spacial score (nSPS) is 12.3. The number of hydrogen-bond donors (Lipinski definition) is 1. The van der Waals surface area contributed by atoms with Crippen molar-refractivity contribution in [2.45, 2.75) is 25.9 Å². The lowest BCUT2D eigenvalue weighted by Crippen LogP contribution is -2.19. The van der Waals surface area contributed by atoms with Gasteiger partial charge in [-0.05, 0) is 30.7 Å². The molecule has 0 aliphatic rings. The molecule has 136 valence electrons.